The lowest BCUT2D eigenvalue weighted by Crippen LogP contribution is -2.38. The zero-order valence-corrected chi connectivity index (χ0v) is 16.9. The molecule has 2 aromatic rings. The summed E-state index contributed by atoms with van der Waals surface area (Å²) < 4.78 is 1.90. The SMILES string of the molecule is CCCCNC(=NCc1ccc(C)cc1)NCc1nncn1C.I. The van der Waals surface area contributed by atoms with Gasteiger partial charge in [0, 0.05) is 13.6 Å². The van der Waals surface area contributed by atoms with Crippen LogP contribution in [0.5, 0.6) is 0 Å². The average Bonchev–Trinajstić information content (AvgIpc) is 2.96. The molecule has 0 radical (unpaired) electrons. The van der Waals surface area contributed by atoms with Crippen molar-refractivity contribution in [3.8, 4) is 0 Å². The van der Waals surface area contributed by atoms with E-state index in [1.807, 2.05) is 11.6 Å². The van der Waals surface area contributed by atoms with Crippen LogP contribution in [-0.4, -0.2) is 27.3 Å². The van der Waals surface area contributed by atoms with E-state index in [0.717, 1.165) is 31.2 Å². The van der Waals surface area contributed by atoms with Gasteiger partial charge in [0.25, 0.3) is 0 Å². The van der Waals surface area contributed by atoms with E-state index < -0.39 is 0 Å². The highest BCUT2D eigenvalue weighted by Crippen LogP contribution is 2.04. The molecule has 2 N–H and O–H groups in total. The molecule has 6 nitrogen and oxygen atoms in total. The molecule has 0 saturated carbocycles. The van der Waals surface area contributed by atoms with Gasteiger partial charge >= 0.3 is 0 Å². The number of aliphatic imine (C=N–C) groups is 1. The van der Waals surface area contributed by atoms with Crippen LogP contribution in [0, 0.1) is 6.92 Å². The van der Waals surface area contributed by atoms with Gasteiger partial charge in [0.05, 0.1) is 13.1 Å². The number of hydrogen-bond acceptors (Lipinski definition) is 3. The van der Waals surface area contributed by atoms with Gasteiger partial charge in [-0.1, -0.05) is 43.2 Å². The lowest BCUT2D eigenvalue weighted by molar-refractivity contribution is 0.699. The Hall–Kier alpha value is -1.64. The van der Waals surface area contributed by atoms with E-state index in [2.05, 4.69) is 63.9 Å². The van der Waals surface area contributed by atoms with Crippen molar-refractivity contribution >= 4 is 29.9 Å². The molecule has 1 heterocycles. The normalized spacial score (nSPS) is 11.0. The van der Waals surface area contributed by atoms with Gasteiger partial charge in [0.2, 0.25) is 0 Å². The minimum Gasteiger partial charge on any atom is -0.356 e. The zero-order valence-electron chi connectivity index (χ0n) is 14.6. The molecule has 0 aliphatic rings. The van der Waals surface area contributed by atoms with Crippen LogP contribution in [0.15, 0.2) is 35.6 Å². The second-order valence-corrected chi connectivity index (χ2v) is 5.64. The molecule has 0 amide bonds. The van der Waals surface area contributed by atoms with Gasteiger partial charge in [0.1, 0.15) is 6.33 Å². The van der Waals surface area contributed by atoms with Crippen LogP contribution in [0.4, 0.5) is 0 Å². The number of aryl methyl sites for hydroxylation is 2. The third-order valence-electron chi connectivity index (χ3n) is 3.58. The number of benzene rings is 1. The summed E-state index contributed by atoms with van der Waals surface area (Å²) in [5.41, 5.74) is 2.46. The molecule has 132 valence electrons. The summed E-state index contributed by atoms with van der Waals surface area (Å²) >= 11 is 0. The standard InChI is InChI=1S/C17H26N6.HI/c1-4-5-10-18-17(20-12-16-22-21-13-23(16)3)19-11-15-8-6-14(2)7-9-15;/h6-9,13H,4-5,10-12H2,1-3H3,(H2,18,19,20);1H. The van der Waals surface area contributed by atoms with Crippen molar-refractivity contribution in [3.63, 3.8) is 0 Å². The van der Waals surface area contributed by atoms with Crippen LogP contribution in [0.25, 0.3) is 0 Å². The number of nitrogens with one attached hydrogen (secondary N) is 2. The lowest BCUT2D eigenvalue weighted by atomic mass is 10.1. The van der Waals surface area contributed by atoms with Gasteiger partial charge in [-0.25, -0.2) is 4.99 Å². The molecular weight excluding hydrogens is 415 g/mol. The maximum atomic E-state index is 4.66. The van der Waals surface area contributed by atoms with Crippen molar-refractivity contribution in [1.29, 1.82) is 0 Å². The Labute approximate surface area is 161 Å². The monoisotopic (exact) mass is 442 g/mol. The quantitative estimate of drug-likeness (QED) is 0.300. The largest absolute Gasteiger partial charge is 0.356 e. The molecule has 2 rings (SSSR count). The molecule has 24 heavy (non-hydrogen) atoms. The summed E-state index contributed by atoms with van der Waals surface area (Å²) in [5, 5.41) is 14.7. The van der Waals surface area contributed by atoms with Crippen molar-refractivity contribution in [2.75, 3.05) is 6.54 Å². The second-order valence-electron chi connectivity index (χ2n) is 5.64. The molecule has 0 spiro atoms. The van der Waals surface area contributed by atoms with Gasteiger partial charge in [0.15, 0.2) is 11.8 Å². The first kappa shape index (κ1) is 20.4. The van der Waals surface area contributed by atoms with E-state index in [9.17, 15) is 0 Å². The second kappa shape index (κ2) is 11.0. The number of nitrogens with zero attached hydrogens (tertiary/aromatic N) is 4. The van der Waals surface area contributed by atoms with Crippen molar-refractivity contribution in [1.82, 2.24) is 25.4 Å². The van der Waals surface area contributed by atoms with Crippen LogP contribution in [0.3, 0.4) is 0 Å². The van der Waals surface area contributed by atoms with Gasteiger partial charge in [-0.15, -0.1) is 34.2 Å². The van der Waals surface area contributed by atoms with E-state index >= 15 is 0 Å². The molecule has 0 atom stereocenters. The van der Waals surface area contributed by atoms with E-state index in [4.69, 9.17) is 0 Å². The first-order chi connectivity index (χ1) is 11.2. The number of unbranched alkanes of at least 4 members (excludes halogenated alkanes) is 1. The maximum Gasteiger partial charge on any atom is 0.191 e. The van der Waals surface area contributed by atoms with Crippen LogP contribution in [0.2, 0.25) is 0 Å². The Morgan fingerprint density at radius 1 is 1.21 bits per heavy atom. The summed E-state index contributed by atoms with van der Waals surface area (Å²) in [6.07, 6.45) is 3.97. The number of rotatable bonds is 7. The predicted octanol–water partition coefficient (Wildman–Crippen LogP) is 2.78. The number of halogens is 1. The van der Waals surface area contributed by atoms with Crippen LogP contribution in [0.1, 0.15) is 36.7 Å². The topological polar surface area (TPSA) is 67.1 Å². The Morgan fingerprint density at radius 2 is 1.96 bits per heavy atom. The molecule has 7 heteroatoms. The highest BCUT2D eigenvalue weighted by atomic mass is 127. The molecule has 0 unspecified atom stereocenters. The summed E-state index contributed by atoms with van der Waals surface area (Å²) in [6, 6.07) is 8.46. The highest BCUT2D eigenvalue weighted by molar-refractivity contribution is 14.0. The van der Waals surface area contributed by atoms with Gasteiger partial charge in [-0.2, -0.15) is 0 Å². The minimum absolute atomic E-state index is 0. The summed E-state index contributed by atoms with van der Waals surface area (Å²) in [7, 11) is 1.94. The Morgan fingerprint density at radius 3 is 2.58 bits per heavy atom. The molecule has 0 aliphatic heterocycles. The zero-order chi connectivity index (χ0) is 16.5. The minimum atomic E-state index is 0. The van der Waals surface area contributed by atoms with Crippen LogP contribution < -0.4 is 10.6 Å². The molecule has 0 bridgehead atoms. The number of aromatic nitrogens is 3. The highest BCUT2D eigenvalue weighted by Gasteiger charge is 2.03. The van der Waals surface area contributed by atoms with E-state index in [-0.39, 0.29) is 24.0 Å². The van der Waals surface area contributed by atoms with Gasteiger partial charge in [-0.3, -0.25) is 0 Å². The molecule has 1 aromatic heterocycles. The Bertz CT molecular complexity index is 620. The third kappa shape index (κ3) is 6.86. The maximum absolute atomic E-state index is 4.66. The van der Waals surface area contributed by atoms with Crippen molar-refractivity contribution in [3.05, 3.63) is 47.5 Å². The van der Waals surface area contributed by atoms with Crippen LogP contribution in [-0.2, 0) is 20.1 Å². The molecule has 0 saturated heterocycles. The number of hydrogen-bond donors (Lipinski definition) is 2. The predicted molar refractivity (Wildman–Crippen MR) is 108 cm³/mol. The van der Waals surface area contributed by atoms with Crippen molar-refractivity contribution in [2.24, 2.45) is 12.0 Å². The van der Waals surface area contributed by atoms with E-state index in [0.29, 0.717) is 13.1 Å². The molecule has 0 aliphatic carbocycles. The third-order valence-corrected chi connectivity index (χ3v) is 3.58. The van der Waals surface area contributed by atoms with E-state index in [1.165, 1.54) is 11.1 Å². The first-order valence-electron chi connectivity index (χ1n) is 8.09. The fourth-order valence-corrected chi connectivity index (χ4v) is 2.05. The Kier molecular flexibility index (Phi) is 9.36. The molecular formula is C17H27IN6. The summed E-state index contributed by atoms with van der Waals surface area (Å²) in [5.74, 6) is 1.69. The Balaban J connectivity index is 0.00000288. The molecule has 1 aromatic carbocycles. The summed E-state index contributed by atoms with van der Waals surface area (Å²) in [6.45, 7) is 6.43. The van der Waals surface area contributed by atoms with Crippen molar-refractivity contribution < 1.29 is 0 Å². The average molecular weight is 442 g/mol. The lowest BCUT2D eigenvalue weighted by Gasteiger charge is -2.12. The molecule has 0 fully saturated rings. The van der Waals surface area contributed by atoms with Crippen molar-refractivity contribution in [2.45, 2.75) is 39.8 Å². The fourth-order valence-electron chi connectivity index (χ4n) is 2.05. The van der Waals surface area contributed by atoms with Crippen LogP contribution >= 0.6 is 24.0 Å². The fraction of sp³-hybridized carbons (Fsp3) is 0.471. The number of guanidine groups is 1. The van der Waals surface area contributed by atoms with Gasteiger partial charge < -0.3 is 15.2 Å². The van der Waals surface area contributed by atoms with Gasteiger partial charge in [-0.05, 0) is 18.9 Å². The smallest absolute Gasteiger partial charge is 0.191 e. The summed E-state index contributed by atoms with van der Waals surface area (Å²) in [4.78, 5) is 4.66. The first-order valence-corrected chi connectivity index (χ1v) is 8.09. The van der Waals surface area contributed by atoms with E-state index in [1.54, 1.807) is 6.33 Å².